The molecule has 4 saturated carbocycles. The summed E-state index contributed by atoms with van der Waals surface area (Å²) in [6.45, 7) is 20.0. The summed E-state index contributed by atoms with van der Waals surface area (Å²) in [4.78, 5) is 153. The van der Waals surface area contributed by atoms with Gasteiger partial charge >= 0.3 is 30.5 Å². The molecule has 12 atom stereocenters. The Morgan fingerprint density at radius 3 is 1.12 bits per heavy atom. The number of benzene rings is 6. The zero-order chi connectivity index (χ0) is 91.9. The number of carbonyl (C=O) groups excluding carboxylic acids is 9. The van der Waals surface area contributed by atoms with Gasteiger partial charge in [0, 0.05) is 36.3 Å². The van der Waals surface area contributed by atoms with E-state index in [4.69, 9.17) is 38.9 Å². The second kappa shape index (κ2) is 37.3. The Morgan fingerprint density at radius 1 is 0.423 bits per heavy atom. The number of methoxy groups -OCH3 is 4. The van der Waals surface area contributed by atoms with Crippen LogP contribution in [0.4, 0.5) is 24.0 Å². The van der Waals surface area contributed by atoms with Gasteiger partial charge in [-0.2, -0.15) is 0 Å². The van der Waals surface area contributed by atoms with E-state index in [9.17, 15) is 43.2 Å². The molecule has 8 aliphatic rings. The van der Waals surface area contributed by atoms with E-state index in [1.165, 1.54) is 35.4 Å². The molecule has 0 radical (unpaired) electrons. The third kappa shape index (κ3) is 19.1. The smallest absolute Gasteiger partial charge is 0.410 e. The van der Waals surface area contributed by atoms with Crippen molar-refractivity contribution in [2.24, 2.45) is 34.5 Å². The molecule has 30 heteroatoms. The number of carbonyl (C=O) groups is 9. The number of hydrogen-bond donors (Lipinski definition) is 8. The van der Waals surface area contributed by atoms with Gasteiger partial charge in [-0.25, -0.2) is 43.9 Å². The fraction of sp³-hybridized carbons (Fsp3) is 0.470. The number of nitrogens with zero attached hydrogens (tertiary/aromatic N) is 8. The Hall–Kier alpha value is -12.9. The van der Waals surface area contributed by atoms with Gasteiger partial charge in [0.2, 0.25) is 17.7 Å². The van der Waals surface area contributed by atoms with Crippen LogP contribution in [0.25, 0.3) is 88.8 Å². The Kier molecular flexibility index (Phi) is 26.0. The number of amides is 8. The average molecular weight is 1770 g/mol. The van der Waals surface area contributed by atoms with Gasteiger partial charge in [0.1, 0.15) is 47.0 Å². The van der Waals surface area contributed by atoms with E-state index in [0.717, 1.165) is 196 Å². The SMILES string of the molecule is CC[C@H](NC(=O)OC)C(=O)N1CC2(CC2)C[C@H]1c1ncc(-c2ccc3cc(-c4ccc(-c5cnc([C@@H]6[C@H]7CC[C@H](C7)N6C(=O)[C@@H](NC(=O)OC)C(C)C)[nH]5)cc4)ccc3c2)[nH]1.CC[C@H](NC(=O)OC)C(C)=O.COC(=O)N[C@H](C(=O)N1[C@@H]2CC[C@@H](C2)[C@H]1c1ncc(-c2ccc(-c3ccc4cc(-c5cnc([C@@H]6CC7(CC7)CN6C(=O)OC(C)(C)C)[nH]5)ccc4c3)cc2)[nH]1)C(C)C. The summed E-state index contributed by atoms with van der Waals surface area (Å²) in [6.07, 6.45) is 17.9. The zero-order valence-corrected chi connectivity index (χ0v) is 76.5. The molecule has 4 aromatic heterocycles. The predicted molar refractivity (Wildman–Crippen MR) is 491 cm³/mol. The first-order chi connectivity index (χ1) is 62.4. The highest BCUT2D eigenvalue weighted by atomic mass is 16.6. The number of alkyl carbamates (subject to hydrolysis) is 4. The average Bonchev–Trinajstić information content (AvgIpc) is 1.58. The quantitative estimate of drug-likeness (QED) is 0.0292. The number of imidazole rings is 4. The molecular weight excluding hydrogens is 1650 g/mol. The van der Waals surface area contributed by atoms with E-state index in [-0.39, 0.29) is 88.5 Å². The van der Waals surface area contributed by atoms with E-state index in [2.05, 4.69) is 167 Å². The van der Waals surface area contributed by atoms with Crippen LogP contribution < -0.4 is 21.3 Å². The van der Waals surface area contributed by atoms with Crippen LogP contribution in [-0.2, 0) is 42.9 Å². The molecule has 2 spiro atoms. The van der Waals surface area contributed by atoms with Gasteiger partial charge in [0.25, 0.3) is 0 Å². The van der Waals surface area contributed by atoms with Crippen LogP contribution >= 0.6 is 0 Å². The lowest BCUT2D eigenvalue weighted by atomic mass is 9.95. The highest BCUT2D eigenvalue weighted by molar-refractivity contribution is 5.94. The first-order valence-corrected chi connectivity index (χ1v) is 45.7. The predicted octanol–water partition coefficient (Wildman–Crippen LogP) is 17.8. The number of Topliss-reactive ketones (excluding diaryl/α,β-unsaturated/α-hetero) is 1. The summed E-state index contributed by atoms with van der Waals surface area (Å²) in [7, 11) is 5.19. The third-order valence-electron chi connectivity index (χ3n) is 27.8. The second-order valence-corrected chi connectivity index (χ2v) is 38.3. The monoisotopic (exact) mass is 1770 g/mol. The van der Waals surface area contributed by atoms with E-state index in [1.807, 2.05) is 107 Å². The molecule has 4 bridgehead atoms. The van der Waals surface area contributed by atoms with Gasteiger partial charge in [-0.15, -0.1) is 0 Å². The van der Waals surface area contributed by atoms with Crippen LogP contribution in [0.15, 0.2) is 146 Å². The number of piperidine rings is 2. The lowest BCUT2D eigenvalue weighted by Crippen LogP contribution is -2.54. The molecule has 684 valence electrons. The van der Waals surface area contributed by atoms with E-state index in [1.54, 1.807) is 0 Å². The lowest BCUT2D eigenvalue weighted by molar-refractivity contribution is -0.140. The molecule has 30 nitrogen and oxygen atoms in total. The van der Waals surface area contributed by atoms with Crippen LogP contribution in [0.3, 0.4) is 0 Å². The van der Waals surface area contributed by atoms with Crippen molar-refractivity contribution in [2.75, 3.05) is 41.5 Å². The Bertz CT molecular complexity index is 5880. The summed E-state index contributed by atoms with van der Waals surface area (Å²) in [6, 6.07) is 39.9. The minimum Gasteiger partial charge on any atom is -0.453 e. The highest BCUT2D eigenvalue weighted by Gasteiger charge is 2.58. The number of ether oxygens (including phenoxy) is 5. The summed E-state index contributed by atoms with van der Waals surface area (Å²) in [5.74, 6) is 3.24. The first kappa shape index (κ1) is 90.5. The molecule has 18 rings (SSSR count). The van der Waals surface area contributed by atoms with Crippen molar-refractivity contribution in [3.63, 3.8) is 0 Å². The summed E-state index contributed by atoms with van der Waals surface area (Å²) < 4.78 is 24.5. The van der Waals surface area contributed by atoms with Crippen LogP contribution in [0.1, 0.15) is 207 Å². The van der Waals surface area contributed by atoms with Crippen LogP contribution in [0.5, 0.6) is 0 Å². The van der Waals surface area contributed by atoms with Crippen molar-refractivity contribution < 1.29 is 66.8 Å². The first-order valence-electron chi connectivity index (χ1n) is 45.7. The Balaban J connectivity index is 0.000000171. The Labute approximate surface area is 757 Å². The Morgan fingerprint density at radius 2 is 0.754 bits per heavy atom. The number of ketones is 1. The number of H-pyrrole nitrogens is 4. The van der Waals surface area contributed by atoms with E-state index in [0.29, 0.717) is 31.2 Å². The third-order valence-corrected chi connectivity index (χ3v) is 27.8. The number of nitrogens with one attached hydrogen (secondary N) is 8. The number of hydrogen-bond acceptors (Lipinski definition) is 18. The van der Waals surface area contributed by atoms with Gasteiger partial charge in [-0.05, 0) is 231 Å². The van der Waals surface area contributed by atoms with Crippen LogP contribution in [0.2, 0.25) is 0 Å². The van der Waals surface area contributed by atoms with Crippen molar-refractivity contribution >= 4 is 75.5 Å². The van der Waals surface area contributed by atoms with Gasteiger partial charge in [-0.1, -0.05) is 139 Å². The molecule has 8 amide bonds. The molecule has 10 aromatic rings. The molecular formula is C100H120N16O14. The zero-order valence-electron chi connectivity index (χ0n) is 76.5. The largest absolute Gasteiger partial charge is 0.453 e. The maximum Gasteiger partial charge on any atom is 0.410 e. The minimum absolute atomic E-state index is 0.0575. The molecule has 0 unspecified atom stereocenters. The van der Waals surface area contributed by atoms with Gasteiger partial charge in [-0.3, -0.25) is 24.1 Å². The van der Waals surface area contributed by atoms with Gasteiger partial charge < -0.3 is 79.6 Å². The molecule has 8 heterocycles. The number of aromatic amines is 4. The van der Waals surface area contributed by atoms with Gasteiger partial charge in [0.15, 0.2) is 5.78 Å². The maximum absolute atomic E-state index is 14.0. The summed E-state index contributed by atoms with van der Waals surface area (Å²) in [5.41, 5.74) is 11.9. The van der Waals surface area contributed by atoms with Gasteiger partial charge in [0.05, 0.1) is 106 Å². The van der Waals surface area contributed by atoms with Crippen molar-refractivity contribution in [1.29, 1.82) is 0 Å². The van der Waals surface area contributed by atoms with Crippen molar-refractivity contribution in [2.45, 2.75) is 225 Å². The van der Waals surface area contributed by atoms with Crippen molar-refractivity contribution in [3.8, 4) is 67.3 Å². The summed E-state index contributed by atoms with van der Waals surface area (Å²) >= 11 is 0. The normalized spacial score (nSPS) is 21.4. The van der Waals surface area contributed by atoms with Crippen LogP contribution in [-0.4, -0.2) is 197 Å². The van der Waals surface area contributed by atoms with Crippen LogP contribution in [0, 0.1) is 34.5 Å². The molecule has 4 aliphatic carbocycles. The minimum atomic E-state index is -0.680. The molecule has 4 saturated heterocycles. The topological polar surface area (TPSA) is 376 Å². The van der Waals surface area contributed by atoms with E-state index >= 15 is 0 Å². The van der Waals surface area contributed by atoms with E-state index < -0.39 is 54.1 Å². The van der Waals surface area contributed by atoms with Crippen molar-refractivity contribution in [1.82, 2.24) is 80.7 Å². The number of fused-ring (bicyclic) bond motifs is 6. The number of likely N-dealkylation sites (tertiary alicyclic amines) is 4. The molecule has 4 aliphatic heterocycles. The molecule has 130 heavy (non-hydrogen) atoms. The fourth-order valence-corrected chi connectivity index (χ4v) is 20.3. The van der Waals surface area contributed by atoms with Crippen molar-refractivity contribution in [3.05, 3.63) is 169 Å². The number of rotatable bonds is 22. The highest BCUT2D eigenvalue weighted by Crippen LogP contribution is 2.60. The molecule has 6 aromatic carbocycles. The second-order valence-electron chi connectivity index (χ2n) is 38.3. The standard InChI is InChI=1S/C47H54N8O6.C46H53N7O5.C7H13NO3/c1-6-35(52-45(58)60-4)43(56)54-25-47(17-18-47)22-38(54)41-48-24-37(50-41)32-14-13-30-19-29(11-12-31(30)20-32)27-7-9-28(10-8-27)36-23-49-42(51-36)40-33-15-16-34(21-33)55(40)44(57)39(26(2)3)53-46(59)61-5;1-26(2)38(51-43(55)57-6)42(54)53-34-16-15-33(21-34)39(53)41-48-23-35(50-41)28-9-7-27(8-10-28)29-11-12-31-20-32(14-13-30(31)19-29)36-24-47-40(49-36)37-22-46(17-18-46)25-52(37)44(56)58-45(3,4)5;1-4-6(5(2)9)8-7(10)11-3/h7-14,19-20,23-24,26,33-35,38-40H,6,15-18,21-22,25H2,1-5H3,(H,48,50)(H,49,51)(H,52,58)(H,53,59);7-14,19-20,23-24,26,33-34,37-39H,15-18,21-22,25H2,1-6H3,(H,47,49)(H,48,50)(H,51,55);6H,4H2,1-3H3,(H,8,10)/t33-,34+,35-,38-,39-,40-;33-,34+,37-,38-,39-;6-/m000/s1. The number of aromatic nitrogens is 8. The maximum atomic E-state index is 14.0. The lowest BCUT2D eigenvalue weighted by Gasteiger charge is -2.37. The fourth-order valence-electron chi connectivity index (χ4n) is 20.3. The summed E-state index contributed by atoms with van der Waals surface area (Å²) in [5, 5.41) is 15.1. The molecule has 8 N–H and O–H groups in total. The molecule has 8 fully saturated rings.